The summed E-state index contributed by atoms with van der Waals surface area (Å²) in [5, 5.41) is 10.7. The lowest BCUT2D eigenvalue weighted by Gasteiger charge is -2.44. The monoisotopic (exact) mass is 612 g/mol. The number of phenols is 1. The number of carbonyl (C=O) groups is 2. The van der Waals surface area contributed by atoms with Crippen LogP contribution in [0.1, 0.15) is 30.6 Å². The van der Waals surface area contributed by atoms with Crippen molar-refractivity contribution >= 4 is 29.2 Å². The van der Waals surface area contributed by atoms with Crippen molar-refractivity contribution in [3.8, 4) is 22.8 Å². The number of piperazine rings is 1. The predicted molar refractivity (Wildman–Crippen MR) is 162 cm³/mol. The van der Waals surface area contributed by atoms with Crippen molar-refractivity contribution in [2.75, 3.05) is 64.9 Å². The van der Waals surface area contributed by atoms with Gasteiger partial charge >= 0.3 is 0 Å². The molecule has 4 aliphatic heterocycles. The Bertz CT molecular complexity index is 1460. The van der Waals surface area contributed by atoms with Crippen LogP contribution in [0.4, 0.5) is 10.2 Å². The number of amides is 2. The van der Waals surface area contributed by atoms with Gasteiger partial charge in [0, 0.05) is 56.9 Å². The van der Waals surface area contributed by atoms with Gasteiger partial charge in [-0.3, -0.25) is 14.5 Å². The number of carbonyl (C=O) groups excluding carboxylic acids is 2. The lowest BCUT2D eigenvalue weighted by atomic mass is 9.97. The third kappa shape index (κ3) is 5.01. The second-order valence-electron chi connectivity index (χ2n) is 12.7. The Morgan fingerprint density at radius 2 is 1.95 bits per heavy atom. The maximum Gasteiger partial charge on any atom is 0.261 e. The van der Waals surface area contributed by atoms with Crippen LogP contribution in [-0.2, 0) is 4.79 Å². The summed E-state index contributed by atoms with van der Waals surface area (Å²) in [6.45, 7) is 11.4. The summed E-state index contributed by atoms with van der Waals surface area (Å²) in [5.74, 6) is -1.06. The molecule has 4 aliphatic rings. The number of anilines is 1. The van der Waals surface area contributed by atoms with Crippen molar-refractivity contribution in [2.45, 2.75) is 43.9 Å². The van der Waals surface area contributed by atoms with E-state index in [1.54, 1.807) is 9.80 Å². The van der Waals surface area contributed by atoms with Gasteiger partial charge in [0.15, 0.2) is 5.75 Å². The first-order valence-electron chi connectivity index (χ1n) is 14.7. The van der Waals surface area contributed by atoms with E-state index >= 15 is 4.39 Å². The Kier molecular flexibility index (Phi) is 7.55. The molecule has 1 unspecified atom stereocenters. The zero-order valence-electron chi connectivity index (χ0n) is 25.0. The van der Waals surface area contributed by atoms with Crippen molar-refractivity contribution < 1.29 is 23.8 Å². The Morgan fingerprint density at radius 3 is 2.63 bits per heavy atom. The van der Waals surface area contributed by atoms with E-state index in [2.05, 4.69) is 49.2 Å². The third-order valence-electron chi connectivity index (χ3n) is 9.48. The van der Waals surface area contributed by atoms with Gasteiger partial charge in [-0.2, -0.15) is 0 Å². The lowest BCUT2D eigenvalue weighted by molar-refractivity contribution is -0.128. The highest BCUT2D eigenvalue weighted by atomic mass is 35.5. The number of nitrogens with zero attached hydrogens (tertiary/aromatic N) is 6. The van der Waals surface area contributed by atoms with E-state index in [0.717, 1.165) is 19.5 Å². The molecule has 0 radical (unpaired) electrons. The van der Waals surface area contributed by atoms with Gasteiger partial charge in [-0.25, -0.2) is 9.37 Å². The number of likely N-dealkylation sites (tertiary alicyclic amines) is 1. The Labute approximate surface area is 256 Å². The number of fused-ring (bicyclic) bond motifs is 2. The highest BCUT2D eigenvalue weighted by Crippen LogP contribution is 2.48. The van der Waals surface area contributed by atoms with Gasteiger partial charge in [-0.1, -0.05) is 24.2 Å². The third-order valence-corrected chi connectivity index (χ3v) is 9.83. The van der Waals surface area contributed by atoms with Gasteiger partial charge in [-0.15, -0.1) is 0 Å². The molecule has 5 heterocycles. The first-order chi connectivity index (χ1) is 20.4. The van der Waals surface area contributed by atoms with Gasteiger partial charge in [-0.05, 0) is 52.6 Å². The summed E-state index contributed by atoms with van der Waals surface area (Å²) in [7, 11) is 4.25. The second-order valence-corrected chi connectivity index (χ2v) is 13.1. The summed E-state index contributed by atoms with van der Waals surface area (Å²) in [6, 6.07) is 4.22. The van der Waals surface area contributed by atoms with Crippen LogP contribution >= 0.6 is 11.6 Å². The standard InChI is InChI=1S/C31H38ClFN6O4/c1-6-23(41)37-10-11-38-20(15-37)17-43-28-25(30(38)42)29(34-27(26(28)32)24-21(33)8-7-9-22(24)40)39-16-18(12-31(39,2)3)36(5)19-13-35(4)14-19/h6-9,18-20,40H,1,10-17H2,2-5H3/t18?,20-/m1/s1. The van der Waals surface area contributed by atoms with Crippen LogP contribution in [0.3, 0.4) is 0 Å². The molecule has 2 amide bonds. The van der Waals surface area contributed by atoms with Gasteiger partial charge in [0.05, 0.1) is 11.6 Å². The maximum atomic E-state index is 15.2. The molecule has 1 N–H and O–H groups in total. The highest BCUT2D eigenvalue weighted by Gasteiger charge is 2.47. The van der Waals surface area contributed by atoms with Gasteiger partial charge in [0.25, 0.3) is 5.91 Å². The number of aromatic hydroxyl groups is 1. The number of halogens is 2. The largest absolute Gasteiger partial charge is 0.507 e. The highest BCUT2D eigenvalue weighted by molar-refractivity contribution is 6.35. The van der Waals surface area contributed by atoms with Gasteiger partial charge in [0.1, 0.15) is 40.3 Å². The zero-order chi connectivity index (χ0) is 30.8. The van der Waals surface area contributed by atoms with Crippen LogP contribution in [0.5, 0.6) is 11.5 Å². The van der Waals surface area contributed by atoms with Crippen LogP contribution in [0.15, 0.2) is 30.9 Å². The number of phenolic OH excluding ortho intramolecular Hbond substituents is 1. The number of hydrogen-bond donors (Lipinski definition) is 1. The molecule has 10 nitrogen and oxygen atoms in total. The fourth-order valence-corrected chi connectivity index (χ4v) is 7.25. The molecule has 43 heavy (non-hydrogen) atoms. The van der Waals surface area contributed by atoms with E-state index in [1.165, 1.54) is 24.3 Å². The number of pyridine rings is 1. The molecular weight excluding hydrogens is 575 g/mol. The zero-order valence-corrected chi connectivity index (χ0v) is 25.8. The summed E-state index contributed by atoms with van der Waals surface area (Å²) in [5.41, 5.74) is -0.343. The van der Waals surface area contributed by atoms with Crippen LogP contribution in [0.2, 0.25) is 5.02 Å². The molecule has 2 aromatic rings. The molecule has 12 heteroatoms. The van der Waals surface area contributed by atoms with E-state index in [9.17, 15) is 14.7 Å². The van der Waals surface area contributed by atoms with Crippen LogP contribution in [0, 0.1) is 5.82 Å². The molecule has 1 aromatic carbocycles. The second kappa shape index (κ2) is 10.9. The average molecular weight is 613 g/mol. The predicted octanol–water partition coefficient (Wildman–Crippen LogP) is 3.08. The van der Waals surface area contributed by atoms with Crippen molar-refractivity contribution in [3.63, 3.8) is 0 Å². The van der Waals surface area contributed by atoms with E-state index in [1.807, 2.05) is 0 Å². The van der Waals surface area contributed by atoms with Crippen molar-refractivity contribution in [3.05, 3.63) is 47.3 Å². The van der Waals surface area contributed by atoms with E-state index < -0.39 is 17.4 Å². The van der Waals surface area contributed by atoms with Crippen LogP contribution in [-0.4, -0.2) is 125 Å². The SMILES string of the molecule is C=CC(=O)N1CCN2C(=O)c3c(N4CC(N(C)C5CN(C)C5)CC4(C)C)nc(-c4c(O)cccc4F)c(Cl)c3OC[C@H]2C1. The van der Waals surface area contributed by atoms with E-state index in [0.29, 0.717) is 31.5 Å². The smallest absolute Gasteiger partial charge is 0.261 e. The summed E-state index contributed by atoms with van der Waals surface area (Å²) >= 11 is 6.91. The summed E-state index contributed by atoms with van der Waals surface area (Å²) < 4.78 is 21.5. The molecule has 0 aliphatic carbocycles. The van der Waals surface area contributed by atoms with E-state index in [4.69, 9.17) is 21.3 Å². The maximum absolute atomic E-state index is 15.2. The fraction of sp³-hybridized carbons (Fsp3) is 0.516. The Balaban J connectivity index is 1.47. The average Bonchev–Trinajstić information content (AvgIpc) is 3.20. The molecule has 3 fully saturated rings. The van der Waals surface area contributed by atoms with Crippen LogP contribution in [0.25, 0.3) is 11.3 Å². The molecule has 1 aromatic heterocycles. The number of likely N-dealkylation sites (N-methyl/N-ethyl adjacent to an activating group) is 2. The lowest BCUT2D eigenvalue weighted by Crippen LogP contribution is -2.59. The topological polar surface area (TPSA) is 92.7 Å². The minimum atomic E-state index is -0.691. The van der Waals surface area contributed by atoms with Gasteiger partial charge in [0.2, 0.25) is 5.91 Å². The van der Waals surface area contributed by atoms with Crippen molar-refractivity contribution in [1.29, 1.82) is 0 Å². The molecule has 3 saturated heterocycles. The molecule has 6 rings (SSSR count). The summed E-state index contributed by atoms with van der Waals surface area (Å²) in [6.07, 6.45) is 2.09. The first-order valence-corrected chi connectivity index (χ1v) is 15.0. The molecule has 230 valence electrons. The first kappa shape index (κ1) is 29.7. The quantitative estimate of drug-likeness (QED) is 0.515. The number of rotatable bonds is 5. The Morgan fingerprint density at radius 1 is 1.21 bits per heavy atom. The van der Waals surface area contributed by atoms with Gasteiger partial charge < -0.3 is 29.4 Å². The molecule has 0 spiro atoms. The number of benzene rings is 1. The minimum absolute atomic E-state index is 0.00960. The van der Waals surface area contributed by atoms with Crippen molar-refractivity contribution in [1.82, 2.24) is 24.6 Å². The van der Waals surface area contributed by atoms with Crippen LogP contribution < -0.4 is 9.64 Å². The molecule has 0 saturated carbocycles. The van der Waals surface area contributed by atoms with Crippen molar-refractivity contribution in [2.24, 2.45) is 0 Å². The minimum Gasteiger partial charge on any atom is -0.507 e. The number of aromatic nitrogens is 1. The molecule has 2 atom stereocenters. The normalized spacial score (nSPS) is 23.9. The molecule has 0 bridgehead atoms. The summed E-state index contributed by atoms with van der Waals surface area (Å²) in [4.78, 5) is 41.8. The molecular formula is C31H38ClFN6O4. The fourth-order valence-electron chi connectivity index (χ4n) is 6.96. The Hall–Kier alpha value is -3.41. The van der Waals surface area contributed by atoms with E-state index in [-0.39, 0.29) is 64.4 Å². The number of ether oxygens (including phenoxy) is 1. The number of hydrogen-bond acceptors (Lipinski definition) is 8.